The van der Waals surface area contributed by atoms with Crippen LogP contribution in [0.25, 0.3) is 11.4 Å². The molecule has 0 saturated carbocycles. The lowest BCUT2D eigenvalue weighted by Gasteiger charge is -2.53. The highest BCUT2D eigenvalue weighted by molar-refractivity contribution is 6.30. The molecule has 37 heavy (non-hydrogen) atoms. The SMILES string of the molecule is Cc1[nH]c(-c2ccccc2)nc1C(C(C)C)(C(c1ccc(Cl)cc1)c1ccc(Cl)cc1)N1CCNCC1. The summed E-state index contributed by atoms with van der Waals surface area (Å²) in [5.74, 6) is 1.15. The zero-order chi connectivity index (χ0) is 26.0. The third-order valence-electron chi connectivity index (χ3n) is 7.68. The zero-order valence-electron chi connectivity index (χ0n) is 21.6. The van der Waals surface area contributed by atoms with Crippen LogP contribution in [-0.4, -0.2) is 41.0 Å². The van der Waals surface area contributed by atoms with Crippen molar-refractivity contribution >= 4 is 23.2 Å². The zero-order valence-corrected chi connectivity index (χ0v) is 23.2. The summed E-state index contributed by atoms with van der Waals surface area (Å²) in [5, 5.41) is 5.02. The third-order valence-corrected chi connectivity index (χ3v) is 8.18. The molecule has 0 aliphatic carbocycles. The van der Waals surface area contributed by atoms with E-state index in [-0.39, 0.29) is 11.8 Å². The number of hydrogen-bond acceptors (Lipinski definition) is 3. The van der Waals surface area contributed by atoms with Gasteiger partial charge >= 0.3 is 0 Å². The molecule has 2 heterocycles. The topological polar surface area (TPSA) is 44.0 Å². The summed E-state index contributed by atoms with van der Waals surface area (Å²) in [6.45, 7) is 10.6. The first-order valence-corrected chi connectivity index (χ1v) is 13.8. The van der Waals surface area contributed by atoms with E-state index in [9.17, 15) is 0 Å². The van der Waals surface area contributed by atoms with Gasteiger partial charge in [-0.15, -0.1) is 0 Å². The summed E-state index contributed by atoms with van der Waals surface area (Å²) in [5.41, 5.74) is 5.28. The van der Waals surface area contributed by atoms with Gasteiger partial charge in [-0.25, -0.2) is 4.98 Å². The number of imidazole rings is 1. The van der Waals surface area contributed by atoms with Gasteiger partial charge in [-0.1, -0.05) is 91.6 Å². The maximum atomic E-state index is 6.37. The lowest BCUT2D eigenvalue weighted by molar-refractivity contribution is 0.0108. The van der Waals surface area contributed by atoms with E-state index >= 15 is 0 Å². The minimum Gasteiger partial charge on any atom is -0.342 e. The molecule has 3 aromatic carbocycles. The molecule has 5 rings (SSSR count). The number of aryl methyl sites for hydroxylation is 1. The number of aromatic amines is 1. The summed E-state index contributed by atoms with van der Waals surface area (Å²) < 4.78 is 0. The van der Waals surface area contributed by atoms with Gasteiger partial charge in [0.25, 0.3) is 0 Å². The number of benzene rings is 3. The Morgan fingerprint density at radius 3 is 1.86 bits per heavy atom. The van der Waals surface area contributed by atoms with Crippen LogP contribution in [0.2, 0.25) is 10.0 Å². The second-order valence-electron chi connectivity index (χ2n) is 10.2. The van der Waals surface area contributed by atoms with Crippen LogP contribution in [-0.2, 0) is 5.54 Å². The van der Waals surface area contributed by atoms with Crippen molar-refractivity contribution in [1.82, 2.24) is 20.2 Å². The third kappa shape index (κ3) is 4.96. The average molecular weight is 534 g/mol. The molecule has 6 heteroatoms. The molecule has 0 radical (unpaired) electrons. The van der Waals surface area contributed by atoms with Crippen molar-refractivity contribution in [3.05, 3.63) is 111 Å². The molecule has 192 valence electrons. The van der Waals surface area contributed by atoms with E-state index in [4.69, 9.17) is 28.2 Å². The molecule has 1 aromatic heterocycles. The molecule has 1 aliphatic rings. The van der Waals surface area contributed by atoms with Gasteiger partial charge in [-0.3, -0.25) is 4.90 Å². The largest absolute Gasteiger partial charge is 0.342 e. The molecule has 1 unspecified atom stereocenters. The number of rotatable bonds is 7. The van der Waals surface area contributed by atoms with E-state index in [0.29, 0.717) is 0 Å². The molecule has 0 spiro atoms. The average Bonchev–Trinajstić information content (AvgIpc) is 3.31. The summed E-state index contributed by atoms with van der Waals surface area (Å²) in [4.78, 5) is 11.7. The second-order valence-corrected chi connectivity index (χ2v) is 11.1. The highest BCUT2D eigenvalue weighted by atomic mass is 35.5. The molecular weight excluding hydrogens is 499 g/mol. The van der Waals surface area contributed by atoms with Gasteiger partial charge in [-0.05, 0) is 48.2 Å². The Kier molecular flexibility index (Phi) is 7.73. The molecule has 1 fully saturated rings. The van der Waals surface area contributed by atoms with Crippen molar-refractivity contribution in [1.29, 1.82) is 0 Å². The van der Waals surface area contributed by atoms with E-state index in [1.165, 1.54) is 11.1 Å². The number of H-pyrrole nitrogens is 1. The Hall–Kier alpha value is -2.63. The van der Waals surface area contributed by atoms with Crippen LogP contribution < -0.4 is 5.32 Å². The van der Waals surface area contributed by atoms with Crippen LogP contribution >= 0.6 is 23.2 Å². The smallest absolute Gasteiger partial charge is 0.137 e. The molecule has 0 bridgehead atoms. The lowest BCUT2D eigenvalue weighted by atomic mass is 9.65. The van der Waals surface area contributed by atoms with Crippen LogP contribution in [0.3, 0.4) is 0 Å². The molecule has 4 nitrogen and oxygen atoms in total. The summed E-state index contributed by atoms with van der Waals surface area (Å²) >= 11 is 12.7. The van der Waals surface area contributed by atoms with Crippen molar-refractivity contribution in [3.8, 4) is 11.4 Å². The molecular formula is C31H34Cl2N4. The monoisotopic (exact) mass is 532 g/mol. The number of hydrogen-bond donors (Lipinski definition) is 2. The van der Waals surface area contributed by atoms with Gasteiger partial charge in [0.2, 0.25) is 0 Å². The lowest BCUT2D eigenvalue weighted by Crippen LogP contribution is -2.60. The number of aromatic nitrogens is 2. The van der Waals surface area contributed by atoms with E-state index in [2.05, 4.69) is 84.5 Å². The van der Waals surface area contributed by atoms with Crippen molar-refractivity contribution < 1.29 is 0 Å². The van der Waals surface area contributed by atoms with Gasteiger partial charge in [0, 0.05) is 53.4 Å². The minimum absolute atomic E-state index is 0.00533. The molecule has 1 aliphatic heterocycles. The molecule has 1 saturated heterocycles. The first-order valence-electron chi connectivity index (χ1n) is 13.0. The van der Waals surface area contributed by atoms with Gasteiger partial charge in [-0.2, -0.15) is 0 Å². The fourth-order valence-electron chi connectivity index (χ4n) is 6.07. The summed E-state index contributed by atoms with van der Waals surface area (Å²) in [6.07, 6.45) is 0. The number of nitrogens with zero attached hydrogens (tertiary/aromatic N) is 2. The van der Waals surface area contributed by atoms with Crippen molar-refractivity contribution in [2.45, 2.75) is 32.2 Å². The summed E-state index contributed by atoms with van der Waals surface area (Å²) in [7, 11) is 0. The first kappa shape index (κ1) is 26.0. The standard InChI is InChI=1S/C31H34Cl2N4/c1-21(2)31(37-19-17-34-18-20-37,29-22(3)35-30(36-29)25-7-5-4-6-8-25)28(23-9-13-26(32)14-10-23)24-11-15-27(33)16-12-24/h4-16,21,28,34H,17-20H2,1-3H3,(H,35,36). The van der Waals surface area contributed by atoms with Crippen molar-refractivity contribution in [3.63, 3.8) is 0 Å². The van der Waals surface area contributed by atoms with Crippen LogP contribution in [0.15, 0.2) is 78.9 Å². The van der Waals surface area contributed by atoms with E-state index < -0.39 is 5.54 Å². The maximum absolute atomic E-state index is 6.37. The number of nitrogens with one attached hydrogen (secondary N) is 2. The molecule has 4 aromatic rings. The Morgan fingerprint density at radius 2 is 1.35 bits per heavy atom. The van der Waals surface area contributed by atoms with Gasteiger partial charge in [0.1, 0.15) is 5.82 Å². The molecule has 0 amide bonds. The Bertz CT molecular complexity index is 1260. The van der Waals surface area contributed by atoms with Crippen molar-refractivity contribution in [2.24, 2.45) is 5.92 Å². The second kappa shape index (κ2) is 11.0. The summed E-state index contributed by atoms with van der Waals surface area (Å²) in [6, 6.07) is 27.0. The van der Waals surface area contributed by atoms with Crippen LogP contribution in [0.1, 0.15) is 42.3 Å². The normalized spacial score (nSPS) is 16.3. The Labute approximate surface area is 230 Å². The Morgan fingerprint density at radius 1 is 0.811 bits per heavy atom. The van der Waals surface area contributed by atoms with E-state index in [1.54, 1.807) is 0 Å². The van der Waals surface area contributed by atoms with E-state index in [1.807, 2.05) is 30.3 Å². The van der Waals surface area contributed by atoms with Crippen LogP contribution in [0, 0.1) is 12.8 Å². The fraction of sp³-hybridized carbons (Fsp3) is 0.323. The minimum atomic E-state index is -0.419. The van der Waals surface area contributed by atoms with Crippen molar-refractivity contribution in [2.75, 3.05) is 26.2 Å². The maximum Gasteiger partial charge on any atom is 0.137 e. The number of piperazine rings is 1. The van der Waals surface area contributed by atoms with Crippen LogP contribution in [0.5, 0.6) is 0 Å². The van der Waals surface area contributed by atoms with Gasteiger partial charge in [0.05, 0.1) is 11.2 Å². The quantitative estimate of drug-likeness (QED) is 0.262. The Balaban J connectivity index is 1.80. The van der Waals surface area contributed by atoms with Gasteiger partial charge in [0.15, 0.2) is 0 Å². The highest BCUT2D eigenvalue weighted by Gasteiger charge is 2.52. The van der Waals surface area contributed by atoms with Gasteiger partial charge < -0.3 is 10.3 Å². The molecule has 2 N–H and O–H groups in total. The highest BCUT2D eigenvalue weighted by Crippen LogP contribution is 2.51. The first-order chi connectivity index (χ1) is 17.9. The fourth-order valence-corrected chi connectivity index (χ4v) is 6.32. The predicted molar refractivity (Wildman–Crippen MR) is 154 cm³/mol. The van der Waals surface area contributed by atoms with E-state index in [0.717, 1.165) is 59.0 Å². The number of halogens is 2. The van der Waals surface area contributed by atoms with Crippen LogP contribution in [0.4, 0.5) is 0 Å². The molecule has 1 atom stereocenters. The predicted octanol–water partition coefficient (Wildman–Crippen LogP) is 7.28.